The van der Waals surface area contributed by atoms with E-state index in [2.05, 4.69) is 9.97 Å². The number of nitrogens with one attached hydrogen (secondary N) is 1. The van der Waals surface area contributed by atoms with Gasteiger partial charge in [0.15, 0.2) is 11.6 Å². The van der Waals surface area contributed by atoms with Gasteiger partial charge in [0.2, 0.25) is 0 Å². The summed E-state index contributed by atoms with van der Waals surface area (Å²) >= 11 is 0. The zero-order valence-electron chi connectivity index (χ0n) is 9.95. The van der Waals surface area contributed by atoms with Gasteiger partial charge in [-0.2, -0.15) is 0 Å². The summed E-state index contributed by atoms with van der Waals surface area (Å²) in [4.78, 5) is 7.06. The number of aromatic amines is 1. The summed E-state index contributed by atoms with van der Waals surface area (Å²) in [5.74, 6) is -1.24. The summed E-state index contributed by atoms with van der Waals surface area (Å²) in [5, 5.41) is 0. The Hall–Kier alpha value is -2.43. The van der Waals surface area contributed by atoms with Crippen molar-refractivity contribution in [1.82, 2.24) is 9.97 Å². The molecule has 3 aromatic rings. The smallest absolute Gasteiger partial charge is 0.186 e. The number of halogens is 2. The fourth-order valence-corrected chi connectivity index (χ4v) is 2.05. The Bertz CT molecular complexity index is 750. The lowest BCUT2D eigenvalue weighted by Crippen LogP contribution is -1.92. The van der Waals surface area contributed by atoms with Gasteiger partial charge < -0.3 is 10.7 Å². The van der Waals surface area contributed by atoms with E-state index in [1.165, 1.54) is 6.07 Å². The van der Waals surface area contributed by atoms with Crippen LogP contribution >= 0.6 is 0 Å². The monoisotopic (exact) mass is 259 g/mol. The lowest BCUT2D eigenvalue weighted by molar-refractivity contribution is 0.515. The number of fused-ring (bicyclic) bond motifs is 1. The Labute approximate surface area is 108 Å². The minimum atomic E-state index is -0.924. The van der Waals surface area contributed by atoms with Gasteiger partial charge in [-0.15, -0.1) is 0 Å². The molecule has 0 atom stereocenters. The summed E-state index contributed by atoms with van der Waals surface area (Å²) in [5.41, 5.74) is 7.82. The number of aromatic nitrogens is 2. The molecule has 1 heterocycles. The highest BCUT2D eigenvalue weighted by atomic mass is 19.2. The van der Waals surface area contributed by atoms with Gasteiger partial charge in [-0.25, -0.2) is 13.8 Å². The van der Waals surface area contributed by atoms with Gasteiger partial charge in [0.25, 0.3) is 0 Å². The SMILES string of the molecule is Nc1cccc(Cc2nc3c(F)c(F)ccc3[nH]2)c1. The Balaban J connectivity index is 2.00. The molecule has 0 unspecified atom stereocenters. The van der Waals surface area contributed by atoms with E-state index in [0.29, 0.717) is 23.4 Å². The highest BCUT2D eigenvalue weighted by molar-refractivity contribution is 5.75. The summed E-state index contributed by atoms with van der Waals surface area (Å²) in [6.45, 7) is 0. The maximum atomic E-state index is 13.5. The second kappa shape index (κ2) is 4.35. The van der Waals surface area contributed by atoms with Gasteiger partial charge in [0.1, 0.15) is 11.3 Å². The summed E-state index contributed by atoms with van der Waals surface area (Å²) < 4.78 is 26.6. The molecule has 96 valence electrons. The first-order valence-corrected chi connectivity index (χ1v) is 5.80. The molecule has 0 spiro atoms. The van der Waals surface area contributed by atoms with Crippen LogP contribution in [-0.4, -0.2) is 9.97 Å². The van der Waals surface area contributed by atoms with Crippen LogP contribution in [0.25, 0.3) is 11.0 Å². The van der Waals surface area contributed by atoms with E-state index in [1.807, 2.05) is 18.2 Å². The van der Waals surface area contributed by atoms with Crippen molar-refractivity contribution >= 4 is 16.7 Å². The second-order valence-corrected chi connectivity index (χ2v) is 4.36. The van der Waals surface area contributed by atoms with E-state index in [1.54, 1.807) is 6.07 Å². The van der Waals surface area contributed by atoms with Gasteiger partial charge in [-0.3, -0.25) is 0 Å². The number of nitrogens with zero attached hydrogens (tertiary/aromatic N) is 1. The number of H-pyrrole nitrogens is 1. The molecule has 0 amide bonds. The molecule has 0 aliphatic heterocycles. The number of imidazole rings is 1. The summed E-state index contributed by atoms with van der Waals surface area (Å²) in [6, 6.07) is 9.92. The molecule has 0 fully saturated rings. The Kier molecular flexibility index (Phi) is 2.67. The van der Waals surface area contributed by atoms with Crippen molar-refractivity contribution in [2.45, 2.75) is 6.42 Å². The standard InChI is InChI=1S/C14H11F2N3/c15-10-4-5-11-14(13(10)16)19-12(18-11)7-8-2-1-3-9(17)6-8/h1-6H,7,17H2,(H,18,19). The highest BCUT2D eigenvalue weighted by Gasteiger charge is 2.12. The van der Waals surface area contributed by atoms with Crippen LogP contribution in [0.15, 0.2) is 36.4 Å². The molecule has 3 nitrogen and oxygen atoms in total. The summed E-state index contributed by atoms with van der Waals surface area (Å²) in [7, 11) is 0. The minimum absolute atomic E-state index is 0.0268. The predicted octanol–water partition coefficient (Wildman–Crippen LogP) is 3.01. The van der Waals surface area contributed by atoms with E-state index in [9.17, 15) is 8.78 Å². The number of hydrogen-bond donors (Lipinski definition) is 2. The first kappa shape index (κ1) is 11.6. The molecule has 0 aliphatic carbocycles. The normalized spacial score (nSPS) is 11.1. The lowest BCUT2D eigenvalue weighted by Gasteiger charge is -1.99. The van der Waals surface area contributed by atoms with Gasteiger partial charge in [0.05, 0.1) is 5.52 Å². The van der Waals surface area contributed by atoms with Crippen LogP contribution in [0, 0.1) is 11.6 Å². The number of rotatable bonds is 2. The number of anilines is 1. The van der Waals surface area contributed by atoms with Crippen LogP contribution in [0.5, 0.6) is 0 Å². The molecular formula is C14H11F2N3. The van der Waals surface area contributed by atoms with Gasteiger partial charge >= 0.3 is 0 Å². The molecule has 3 N–H and O–H groups in total. The Morgan fingerprint density at radius 1 is 1.16 bits per heavy atom. The van der Waals surface area contributed by atoms with E-state index in [-0.39, 0.29) is 5.52 Å². The molecule has 0 saturated carbocycles. The van der Waals surface area contributed by atoms with Crippen molar-refractivity contribution in [3.63, 3.8) is 0 Å². The average molecular weight is 259 g/mol. The van der Waals surface area contributed by atoms with Crippen LogP contribution in [0.2, 0.25) is 0 Å². The van der Waals surface area contributed by atoms with Crippen LogP contribution in [0.3, 0.4) is 0 Å². The zero-order valence-corrected chi connectivity index (χ0v) is 9.95. The fourth-order valence-electron chi connectivity index (χ4n) is 2.05. The van der Waals surface area contributed by atoms with Crippen molar-refractivity contribution in [2.24, 2.45) is 0 Å². The number of hydrogen-bond acceptors (Lipinski definition) is 2. The number of nitrogen functional groups attached to an aromatic ring is 1. The Morgan fingerprint density at radius 3 is 2.79 bits per heavy atom. The average Bonchev–Trinajstić information content (AvgIpc) is 2.77. The van der Waals surface area contributed by atoms with Gasteiger partial charge in [-0.05, 0) is 29.8 Å². The van der Waals surface area contributed by atoms with Crippen LogP contribution < -0.4 is 5.73 Å². The maximum Gasteiger partial charge on any atom is 0.186 e. The number of benzene rings is 2. The van der Waals surface area contributed by atoms with Crippen molar-refractivity contribution in [3.8, 4) is 0 Å². The van der Waals surface area contributed by atoms with E-state index in [4.69, 9.17) is 5.73 Å². The topological polar surface area (TPSA) is 54.7 Å². The van der Waals surface area contributed by atoms with Crippen LogP contribution in [0.4, 0.5) is 14.5 Å². The molecule has 0 saturated heterocycles. The molecule has 1 aromatic heterocycles. The maximum absolute atomic E-state index is 13.5. The van der Waals surface area contributed by atoms with Crippen molar-refractivity contribution in [3.05, 3.63) is 59.4 Å². The number of nitrogens with two attached hydrogens (primary N) is 1. The third kappa shape index (κ3) is 2.14. The molecule has 19 heavy (non-hydrogen) atoms. The summed E-state index contributed by atoms with van der Waals surface area (Å²) in [6.07, 6.45) is 0.487. The second-order valence-electron chi connectivity index (χ2n) is 4.36. The van der Waals surface area contributed by atoms with E-state index in [0.717, 1.165) is 11.6 Å². The van der Waals surface area contributed by atoms with Gasteiger partial charge in [0, 0.05) is 12.1 Å². The van der Waals surface area contributed by atoms with E-state index >= 15 is 0 Å². The Morgan fingerprint density at radius 2 is 2.00 bits per heavy atom. The van der Waals surface area contributed by atoms with Crippen molar-refractivity contribution in [2.75, 3.05) is 5.73 Å². The van der Waals surface area contributed by atoms with E-state index < -0.39 is 11.6 Å². The van der Waals surface area contributed by atoms with Crippen molar-refractivity contribution < 1.29 is 8.78 Å². The third-order valence-electron chi connectivity index (χ3n) is 2.92. The van der Waals surface area contributed by atoms with Crippen LogP contribution in [-0.2, 0) is 6.42 Å². The molecule has 5 heteroatoms. The van der Waals surface area contributed by atoms with Crippen molar-refractivity contribution in [1.29, 1.82) is 0 Å². The minimum Gasteiger partial charge on any atom is -0.399 e. The molecule has 0 radical (unpaired) electrons. The third-order valence-corrected chi connectivity index (χ3v) is 2.92. The quantitative estimate of drug-likeness (QED) is 0.695. The first-order valence-electron chi connectivity index (χ1n) is 5.80. The van der Waals surface area contributed by atoms with Gasteiger partial charge in [-0.1, -0.05) is 12.1 Å². The molecular weight excluding hydrogens is 248 g/mol. The highest BCUT2D eigenvalue weighted by Crippen LogP contribution is 2.19. The van der Waals surface area contributed by atoms with Crippen LogP contribution in [0.1, 0.15) is 11.4 Å². The lowest BCUT2D eigenvalue weighted by atomic mass is 10.1. The zero-order chi connectivity index (χ0) is 13.4. The molecule has 0 aliphatic rings. The fraction of sp³-hybridized carbons (Fsp3) is 0.0714. The largest absolute Gasteiger partial charge is 0.399 e. The first-order chi connectivity index (χ1) is 9.13. The molecule has 0 bridgehead atoms. The molecule has 2 aromatic carbocycles. The predicted molar refractivity (Wildman–Crippen MR) is 69.7 cm³/mol. The molecule has 3 rings (SSSR count).